The fourth-order valence-electron chi connectivity index (χ4n) is 1.88. The van der Waals surface area contributed by atoms with Gasteiger partial charge in [-0.25, -0.2) is 0 Å². The largest absolute Gasteiger partial charge is 1.00 e. The van der Waals surface area contributed by atoms with Crippen molar-refractivity contribution in [3.63, 3.8) is 0 Å². The van der Waals surface area contributed by atoms with Gasteiger partial charge in [0.25, 0.3) is 0 Å². The van der Waals surface area contributed by atoms with Gasteiger partial charge >= 0.3 is 59.1 Å². The van der Waals surface area contributed by atoms with Gasteiger partial charge < -0.3 is 19.8 Å². The smallest absolute Gasteiger partial charge is 0.554 e. The zero-order valence-electron chi connectivity index (χ0n) is 12.6. The molecule has 0 aliphatic carbocycles. The van der Waals surface area contributed by atoms with Gasteiger partial charge in [-0.15, -0.1) is 0 Å². The van der Waals surface area contributed by atoms with Gasteiger partial charge in [0.2, 0.25) is 0 Å². The van der Waals surface area contributed by atoms with Crippen molar-refractivity contribution in [1.82, 2.24) is 0 Å². The van der Waals surface area contributed by atoms with Gasteiger partial charge in [0.15, 0.2) is 0 Å². The summed E-state index contributed by atoms with van der Waals surface area (Å²) in [7, 11) is 0. The van der Waals surface area contributed by atoms with Gasteiger partial charge in [-0.2, -0.15) is 0 Å². The van der Waals surface area contributed by atoms with E-state index in [2.05, 4.69) is 60.7 Å². The molecule has 0 radical (unpaired) electrons. The van der Waals surface area contributed by atoms with Gasteiger partial charge in [-0.05, 0) is 33.7 Å². The molecule has 0 fully saturated rings. The SMILES string of the molecule is O=C[O-].O=C[O-].[Na+].[Na+].c1ccc2cc3ccccc3cc2c1. The number of carbonyl (C=O) groups excluding carboxylic acids is 2. The molecule has 0 bridgehead atoms. The summed E-state index contributed by atoms with van der Waals surface area (Å²) in [5.41, 5.74) is 0. The summed E-state index contributed by atoms with van der Waals surface area (Å²) in [6.45, 7) is -1.00. The monoisotopic (exact) mass is 314 g/mol. The number of benzene rings is 3. The number of carbonyl (C=O) groups is 2. The van der Waals surface area contributed by atoms with Crippen LogP contribution in [0.15, 0.2) is 60.7 Å². The van der Waals surface area contributed by atoms with E-state index in [1.165, 1.54) is 21.5 Å². The molecule has 3 rings (SSSR count). The van der Waals surface area contributed by atoms with E-state index >= 15 is 0 Å². The zero-order chi connectivity index (χ0) is 14.8. The minimum Gasteiger partial charge on any atom is -0.554 e. The van der Waals surface area contributed by atoms with Crippen LogP contribution in [0.3, 0.4) is 0 Å². The first-order chi connectivity index (χ1) is 9.76. The van der Waals surface area contributed by atoms with Crippen LogP contribution in [-0.4, -0.2) is 12.9 Å². The molecular formula is C16H12Na2O4. The fourth-order valence-corrected chi connectivity index (χ4v) is 1.88. The molecule has 0 unspecified atom stereocenters. The molecule has 0 saturated heterocycles. The molecule has 4 nitrogen and oxygen atoms in total. The van der Waals surface area contributed by atoms with Gasteiger partial charge in [0.05, 0.1) is 0 Å². The zero-order valence-corrected chi connectivity index (χ0v) is 16.6. The van der Waals surface area contributed by atoms with Gasteiger partial charge in [-0.1, -0.05) is 48.5 Å². The average Bonchev–Trinajstić information content (AvgIpc) is 2.47. The Labute approximate surface area is 172 Å². The Balaban J connectivity index is 0. The van der Waals surface area contributed by atoms with Crippen LogP contribution in [0.1, 0.15) is 0 Å². The molecule has 3 aromatic rings. The van der Waals surface area contributed by atoms with Crippen molar-refractivity contribution >= 4 is 34.5 Å². The number of fused-ring (bicyclic) bond motifs is 2. The Hall–Kier alpha value is -0.880. The third-order valence-electron chi connectivity index (χ3n) is 2.61. The summed E-state index contributed by atoms with van der Waals surface area (Å²) in [4.78, 5) is 16.5. The van der Waals surface area contributed by atoms with E-state index in [4.69, 9.17) is 19.8 Å². The van der Waals surface area contributed by atoms with E-state index in [-0.39, 0.29) is 59.1 Å². The maximum atomic E-state index is 8.25. The van der Waals surface area contributed by atoms with Crippen molar-refractivity contribution in [1.29, 1.82) is 0 Å². The van der Waals surface area contributed by atoms with E-state index in [0.29, 0.717) is 0 Å². The molecule has 0 heterocycles. The van der Waals surface area contributed by atoms with E-state index in [9.17, 15) is 0 Å². The number of carboxylic acid groups (broad SMARTS) is 2. The average molecular weight is 314 g/mol. The summed E-state index contributed by atoms with van der Waals surface area (Å²) in [6.07, 6.45) is 0. The number of hydrogen-bond donors (Lipinski definition) is 0. The predicted molar refractivity (Wildman–Crippen MR) is 73.6 cm³/mol. The second-order valence-corrected chi connectivity index (χ2v) is 3.74. The quantitative estimate of drug-likeness (QED) is 0.236. The molecule has 6 heteroatoms. The van der Waals surface area contributed by atoms with E-state index in [1.54, 1.807) is 0 Å². The van der Waals surface area contributed by atoms with Crippen molar-refractivity contribution in [2.45, 2.75) is 0 Å². The molecule has 0 amide bonds. The third kappa shape index (κ3) is 7.40. The predicted octanol–water partition coefficient (Wildman–Crippen LogP) is -5.27. The summed E-state index contributed by atoms with van der Waals surface area (Å²) >= 11 is 0. The van der Waals surface area contributed by atoms with Crippen LogP contribution >= 0.6 is 0 Å². The van der Waals surface area contributed by atoms with E-state index < -0.39 is 12.9 Å². The summed E-state index contributed by atoms with van der Waals surface area (Å²) in [5.74, 6) is 0. The summed E-state index contributed by atoms with van der Waals surface area (Å²) < 4.78 is 0. The van der Waals surface area contributed by atoms with Gasteiger partial charge in [0, 0.05) is 12.9 Å². The molecule has 0 aromatic heterocycles. The maximum Gasteiger partial charge on any atom is 1.00 e. The molecule has 0 spiro atoms. The number of rotatable bonds is 0. The first kappa shape index (κ1) is 23.4. The minimum absolute atomic E-state index is 0. The summed E-state index contributed by atoms with van der Waals surface area (Å²) in [6, 6.07) is 21.4. The standard InChI is InChI=1S/C14H10.2CH2O2.2Na/c1-2-6-12-10-14-8-4-3-7-13(14)9-11(12)5-1;2*2-1-3;;/h1-10H;2*1H,(H,2,3);;/q;;;2*+1/p-2. The van der Waals surface area contributed by atoms with Crippen LogP contribution in [0.2, 0.25) is 0 Å². The molecule has 0 saturated carbocycles. The first-order valence-corrected chi connectivity index (χ1v) is 5.75. The third-order valence-corrected chi connectivity index (χ3v) is 2.61. The topological polar surface area (TPSA) is 80.3 Å². The fraction of sp³-hybridized carbons (Fsp3) is 0. The van der Waals surface area contributed by atoms with Gasteiger partial charge in [-0.3, -0.25) is 0 Å². The molecule has 0 aliphatic rings. The molecule has 0 aliphatic heterocycles. The molecule has 22 heavy (non-hydrogen) atoms. The summed E-state index contributed by atoms with van der Waals surface area (Å²) in [5, 5.41) is 21.7. The Morgan fingerprint density at radius 1 is 0.591 bits per heavy atom. The Bertz CT molecular complexity index is 591. The molecular weight excluding hydrogens is 302 g/mol. The second kappa shape index (κ2) is 13.8. The molecule has 0 N–H and O–H groups in total. The van der Waals surface area contributed by atoms with Crippen molar-refractivity contribution in [2.75, 3.05) is 0 Å². The Morgan fingerprint density at radius 3 is 0.955 bits per heavy atom. The van der Waals surface area contributed by atoms with Crippen LogP contribution in [0.25, 0.3) is 21.5 Å². The van der Waals surface area contributed by atoms with Crippen LogP contribution in [0.4, 0.5) is 0 Å². The Morgan fingerprint density at radius 2 is 0.773 bits per heavy atom. The van der Waals surface area contributed by atoms with Crippen molar-refractivity contribution < 1.29 is 78.9 Å². The van der Waals surface area contributed by atoms with E-state index in [1.807, 2.05) is 0 Å². The van der Waals surface area contributed by atoms with E-state index in [0.717, 1.165) is 0 Å². The normalized spacial score (nSPS) is 8.00. The van der Waals surface area contributed by atoms with Crippen molar-refractivity contribution in [2.24, 2.45) is 0 Å². The maximum absolute atomic E-state index is 8.25. The molecule has 102 valence electrons. The van der Waals surface area contributed by atoms with Crippen molar-refractivity contribution in [3.05, 3.63) is 60.7 Å². The Kier molecular flexibility index (Phi) is 14.6. The van der Waals surface area contributed by atoms with Crippen molar-refractivity contribution in [3.8, 4) is 0 Å². The molecule has 3 aromatic carbocycles. The molecule has 0 atom stereocenters. The van der Waals surface area contributed by atoms with Crippen LogP contribution in [-0.2, 0) is 9.59 Å². The second-order valence-electron chi connectivity index (χ2n) is 3.74. The van der Waals surface area contributed by atoms with Gasteiger partial charge in [0.1, 0.15) is 0 Å². The van der Waals surface area contributed by atoms with Crippen LogP contribution < -0.4 is 69.3 Å². The minimum atomic E-state index is -0.500. The van der Waals surface area contributed by atoms with Crippen LogP contribution in [0, 0.1) is 0 Å². The number of hydrogen-bond acceptors (Lipinski definition) is 4. The van der Waals surface area contributed by atoms with Crippen LogP contribution in [0.5, 0.6) is 0 Å². The first-order valence-electron chi connectivity index (χ1n) is 5.75.